The molecule has 0 saturated heterocycles. The zero-order chi connectivity index (χ0) is 14.4. The lowest BCUT2D eigenvalue weighted by Crippen LogP contribution is -1.99. The summed E-state index contributed by atoms with van der Waals surface area (Å²) in [4.78, 5) is 4.42. The predicted octanol–water partition coefficient (Wildman–Crippen LogP) is 3.78. The van der Waals surface area contributed by atoms with E-state index in [0.29, 0.717) is 17.3 Å². The number of benzene rings is 2. The van der Waals surface area contributed by atoms with Gasteiger partial charge in [-0.15, -0.1) is 0 Å². The average molecular weight is 301 g/mol. The quantitative estimate of drug-likeness (QED) is 0.723. The Labute approximate surface area is 126 Å². The number of nitrogens with zero attached hydrogens (tertiary/aromatic N) is 2. The molecule has 0 fully saturated rings. The normalized spacial score (nSPS) is 13.0. The highest BCUT2D eigenvalue weighted by atomic mass is 35.5. The topological polar surface area (TPSA) is 36.3 Å². The van der Waals surface area contributed by atoms with Crippen molar-refractivity contribution in [2.45, 2.75) is 13.5 Å². The van der Waals surface area contributed by atoms with Crippen LogP contribution in [-0.4, -0.2) is 16.3 Å². The molecule has 4 nitrogen and oxygen atoms in total. The van der Waals surface area contributed by atoms with Gasteiger partial charge < -0.3 is 14.0 Å². The number of aryl methyl sites for hydroxylation is 1. The standard InChI is InChI=1S/C16H13ClN2O2/c1-10-2-3-13-14(4-10)19(8-18-13)7-11-5-15-16(6-12(11)17)21-9-20-15/h2-6,8H,7,9H2,1H3. The number of hydrogen-bond donors (Lipinski definition) is 0. The van der Waals surface area contributed by atoms with Crippen LogP contribution in [0, 0.1) is 6.92 Å². The molecular weight excluding hydrogens is 288 g/mol. The summed E-state index contributed by atoms with van der Waals surface area (Å²) in [5, 5.41) is 0.675. The predicted molar refractivity (Wildman–Crippen MR) is 81.1 cm³/mol. The molecule has 1 aliphatic heterocycles. The number of imidazole rings is 1. The molecule has 1 aliphatic rings. The van der Waals surface area contributed by atoms with E-state index in [0.717, 1.165) is 22.3 Å². The van der Waals surface area contributed by atoms with E-state index >= 15 is 0 Å². The van der Waals surface area contributed by atoms with Crippen LogP contribution in [0.2, 0.25) is 5.02 Å². The Morgan fingerprint density at radius 3 is 2.86 bits per heavy atom. The average Bonchev–Trinajstić information content (AvgIpc) is 3.06. The van der Waals surface area contributed by atoms with Crippen molar-refractivity contribution in [2.24, 2.45) is 0 Å². The first kappa shape index (κ1) is 12.5. The highest BCUT2D eigenvalue weighted by Crippen LogP contribution is 2.37. The lowest BCUT2D eigenvalue weighted by Gasteiger charge is -2.08. The van der Waals surface area contributed by atoms with E-state index in [1.54, 1.807) is 0 Å². The molecule has 0 atom stereocenters. The first-order chi connectivity index (χ1) is 10.2. The van der Waals surface area contributed by atoms with Crippen molar-refractivity contribution < 1.29 is 9.47 Å². The van der Waals surface area contributed by atoms with Gasteiger partial charge in [-0.25, -0.2) is 4.98 Å². The zero-order valence-electron chi connectivity index (χ0n) is 11.5. The summed E-state index contributed by atoms with van der Waals surface area (Å²) in [5.74, 6) is 1.45. The maximum absolute atomic E-state index is 6.34. The van der Waals surface area contributed by atoms with Gasteiger partial charge in [0.2, 0.25) is 6.79 Å². The van der Waals surface area contributed by atoms with Gasteiger partial charge in [-0.05, 0) is 36.2 Å². The van der Waals surface area contributed by atoms with Crippen LogP contribution in [0.4, 0.5) is 0 Å². The Kier molecular flexibility index (Phi) is 2.79. The van der Waals surface area contributed by atoms with Crippen LogP contribution in [0.15, 0.2) is 36.7 Å². The Morgan fingerprint density at radius 2 is 2.00 bits per heavy atom. The third-order valence-corrected chi connectivity index (χ3v) is 4.01. The van der Waals surface area contributed by atoms with Gasteiger partial charge in [-0.3, -0.25) is 0 Å². The Bertz CT molecular complexity index is 842. The molecule has 0 N–H and O–H groups in total. The van der Waals surface area contributed by atoms with Crippen LogP contribution >= 0.6 is 11.6 Å². The highest BCUT2D eigenvalue weighted by Gasteiger charge is 2.17. The Balaban J connectivity index is 1.76. The molecule has 0 unspecified atom stereocenters. The first-order valence-corrected chi connectivity index (χ1v) is 7.08. The second-order valence-electron chi connectivity index (χ2n) is 5.16. The van der Waals surface area contributed by atoms with E-state index in [-0.39, 0.29) is 6.79 Å². The van der Waals surface area contributed by atoms with Crippen molar-refractivity contribution in [1.29, 1.82) is 0 Å². The van der Waals surface area contributed by atoms with Gasteiger partial charge in [0.25, 0.3) is 0 Å². The van der Waals surface area contributed by atoms with E-state index in [1.165, 1.54) is 5.56 Å². The molecule has 3 aromatic rings. The number of ether oxygens (including phenoxy) is 2. The monoisotopic (exact) mass is 300 g/mol. The van der Waals surface area contributed by atoms with Crippen molar-refractivity contribution in [1.82, 2.24) is 9.55 Å². The fraction of sp³-hybridized carbons (Fsp3) is 0.188. The zero-order valence-corrected chi connectivity index (χ0v) is 12.2. The maximum Gasteiger partial charge on any atom is 0.231 e. The smallest absolute Gasteiger partial charge is 0.231 e. The summed E-state index contributed by atoms with van der Waals surface area (Å²) < 4.78 is 12.8. The van der Waals surface area contributed by atoms with Crippen LogP contribution in [0.25, 0.3) is 11.0 Å². The fourth-order valence-electron chi connectivity index (χ4n) is 2.56. The molecule has 0 spiro atoms. The third-order valence-electron chi connectivity index (χ3n) is 3.66. The Hall–Kier alpha value is -2.20. The molecule has 0 amide bonds. The molecule has 4 rings (SSSR count). The van der Waals surface area contributed by atoms with Crippen molar-refractivity contribution >= 4 is 22.6 Å². The summed E-state index contributed by atoms with van der Waals surface area (Å²) >= 11 is 6.34. The van der Waals surface area contributed by atoms with E-state index in [4.69, 9.17) is 21.1 Å². The van der Waals surface area contributed by atoms with Crippen molar-refractivity contribution in [2.75, 3.05) is 6.79 Å². The van der Waals surface area contributed by atoms with Gasteiger partial charge in [-0.1, -0.05) is 17.7 Å². The van der Waals surface area contributed by atoms with E-state index in [9.17, 15) is 0 Å². The van der Waals surface area contributed by atoms with E-state index in [2.05, 4.69) is 28.6 Å². The number of hydrogen-bond acceptors (Lipinski definition) is 3. The molecule has 21 heavy (non-hydrogen) atoms. The van der Waals surface area contributed by atoms with Crippen LogP contribution in [0.5, 0.6) is 11.5 Å². The van der Waals surface area contributed by atoms with Gasteiger partial charge in [0.05, 0.1) is 23.9 Å². The molecule has 0 radical (unpaired) electrons. The molecule has 2 heterocycles. The van der Waals surface area contributed by atoms with Crippen LogP contribution in [0.1, 0.15) is 11.1 Å². The molecule has 5 heteroatoms. The second-order valence-corrected chi connectivity index (χ2v) is 5.57. The van der Waals surface area contributed by atoms with Gasteiger partial charge >= 0.3 is 0 Å². The van der Waals surface area contributed by atoms with E-state index in [1.807, 2.05) is 24.5 Å². The molecule has 0 saturated carbocycles. The number of halogens is 1. The van der Waals surface area contributed by atoms with Gasteiger partial charge in [0.1, 0.15) is 0 Å². The van der Waals surface area contributed by atoms with Gasteiger partial charge in [0.15, 0.2) is 11.5 Å². The van der Waals surface area contributed by atoms with E-state index < -0.39 is 0 Å². The molecule has 0 bridgehead atoms. The lowest BCUT2D eigenvalue weighted by atomic mass is 10.2. The fourth-order valence-corrected chi connectivity index (χ4v) is 2.77. The van der Waals surface area contributed by atoms with Crippen LogP contribution in [-0.2, 0) is 6.54 Å². The van der Waals surface area contributed by atoms with Crippen LogP contribution < -0.4 is 9.47 Å². The second kappa shape index (κ2) is 4.67. The number of rotatable bonds is 2. The Morgan fingerprint density at radius 1 is 1.19 bits per heavy atom. The van der Waals surface area contributed by atoms with Crippen molar-refractivity contribution in [3.63, 3.8) is 0 Å². The van der Waals surface area contributed by atoms with Crippen molar-refractivity contribution in [3.8, 4) is 11.5 Å². The first-order valence-electron chi connectivity index (χ1n) is 6.70. The van der Waals surface area contributed by atoms with Crippen molar-refractivity contribution in [3.05, 3.63) is 52.8 Å². The summed E-state index contributed by atoms with van der Waals surface area (Å²) in [6.07, 6.45) is 1.84. The molecular formula is C16H13ClN2O2. The van der Waals surface area contributed by atoms with Crippen LogP contribution in [0.3, 0.4) is 0 Å². The molecule has 2 aromatic carbocycles. The summed E-state index contributed by atoms with van der Waals surface area (Å²) in [6, 6.07) is 9.97. The molecule has 106 valence electrons. The van der Waals surface area contributed by atoms with Gasteiger partial charge in [0, 0.05) is 11.1 Å². The largest absolute Gasteiger partial charge is 0.454 e. The molecule has 1 aromatic heterocycles. The SMILES string of the molecule is Cc1ccc2ncn(Cc3cc4c(cc3Cl)OCO4)c2c1. The molecule has 0 aliphatic carbocycles. The van der Waals surface area contributed by atoms with Gasteiger partial charge in [-0.2, -0.15) is 0 Å². The number of aromatic nitrogens is 2. The summed E-state index contributed by atoms with van der Waals surface area (Å²) in [6.45, 7) is 2.97. The minimum Gasteiger partial charge on any atom is -0.454 e. The minimum atomic E-state index is 0.252. The maximum atomic E-state index is 6.34. The highest BCUT2D eigenvalue weighted by molar-refractivity contribution is 6.31. The summed E-state index contributed by atoms with van der Waals surface area (Å²) in [7, 11) is 0. The number of fused-ring (bicyclic) bond motifs is 2. The summed E-state index contributed by atoms with van der Waals surface area (Å²) in [5.41, 5.74) is 4.28. The lowest BCUT2D eigenvalue weighted by molar-refractivity contribution is 0.174. The minimum absolute atomic E-state index is 0.252. The third kappa shape index (κ3) is 2.12.